The minimum Gasteiger partial charge on any atom is -0.496 e. The molecular formula is C23H23N5O3. The molecule has 0 saturated heterocycles. The van der Waals surface area contributed by atoms with Crippen molar-refractivity contribution in [3.63, 3.8) is 0 Å². The monoisotopic (exact) mass is 417 g/mol. The lowest BCUT2D eigenvalue weighted by Gasteiger charge is -2.09. The van der Waals surface area contributed by atoms with Crippen LogP contribution in [-0.4, -0.2) is 46.0 Å². The highest BCUT2D eigenvalue weighted by molar-refractivity contribution is 5.78. The van der Waals surface area contributed by atoms with Crippen LogP contribution in [0.1, 0.15) is 11.1 Å². The van der Waals surface area contributed by atoms with Gasteiger partial charge in [0.15, 0.2) is 11.5 Å². The molecule has 8 heteroatoms. The number of nitrogens with zero attached hydrogens (tertiary/aromatic N) is 4. The number of rotatable bonds is 8. The van der Waals surface area contributed by atoms with Gasteiger partial charge in [-0.1, -0.05) is 42.0 Å². The molecule has 0 saturated carbocycles. The summed E-state index contributed by atoms with van der Waals surface area (Å²) in [6, 6.07) is 19.0. The second kappa shape index (κ2) is 9.25. The molecule has 0 aliphatic heterocycles. The number of hydrogen-bond acceptors (Lipinski definition) is 6. The molecule has 31 heavy (non-hydrogen) atoms. The average molecular weight is 417 g/mol. The Morgan fingerprint density at radius 3 is 2.65 bits per heavy atom. The van der Waals surface area contributed by atoms with Crippen molar-refractivity contribution in [1.29, 1.82) is 0 Å². The van der Waals surface area contributed by atoms with Gasteiger partial charge in [0, 0.05) is 6.07 Å². The summed E-state index contributed by atoms with van der Waals surface area (Å²) in [6.45, 7) is 2.70. The normalized spacial score (nSPS) is 10.8. The highest BCUT2D eigenvalue weighted by Gasteiger charge is 2.14. The number of carbonyl (C=O) groups is 1. The molecule has 2 aromatic carbocycles. The number of fused-ring (bicyclic) bond motifs is 1. The molecular weight excluding hydrogens is 394 g/mol. The topological polar surface area (TPSA) is 90.6 Å². The third-order valence-electron chi connectivity index (χ3n) is 4.75. The van der Waals surface area contributed by atoms with Crippen LogP contribution >= 0.6 is 0 Å². The van der Waals surface area contributed by atoms with Crippen molar-refractivity contribution in [3.05, 3.63) is 71.8 Å². The van der Waals surface area contributed by atoms with Gasteiger partial charge in [0.05, 0.1) is 25.6 Å². The fourth-order valence-corrected chi connectivity index (χ4v) is 3.15. The van der Waals surface area contributed by atoms with E-state index in [4.69, 9.17) is 9.47 Å². The zero-order chi connectivity index (χ0) is 21.6. The van der Waals surface area contributed by atoms with Crippen LogP contribution < -0.4 is 14.8 Å². The third kappa shape index (κ3) is 4.80. The lowest BCUT2D eigenvalue weighted by Crippen LogP contribution is -2.29. The number of carbonyl (C=O) groups excluding carboxylic acids is 1. The number of amides is 1. The number of ether oxygens (including phenoxy) is 2. The standard InChI is InChI=1S/C23H23N5O3/c1-16-7-9-17(10-8-16)15-21(29)24-13-14-31-22-12-11-20-25-26-23(28(20)27-22)18-5-3-4-6-19(18)30-2/h3-12H,13-15H2,1-2H3,(H,24,29). The minimum absolute atomic E-state index is 0.0480. The first-order valence-electron chi connectivity index (χ1n) is 9.95. The highest BCUT2D eigenvalue weighted by Crippen LogP contribution is 2.28. The van der Waals surface area contributed by atoms with Crippen LogP contribution in [0.4, 0.5) is 0 Å². The van der Waals surface area contributed by atoms with Crippen molar-refractivity contribution in [3.8, 4) is 23.0 Å². The van der Waals surface area contributed by atoms with Gasteiger partial charge in [-0.25, -0.2) is 0 Å². The summed E-state index contributed by atoms with van der Waals surface area (Å²) in [4.78, 5) is 12.1. The SMILES string of the molecule is COc1ccccc1-c1nnc2ccc(OCCNC(=O)Cc3ccc(C)cc3)nn12. The van der Waals surface area contributed by atoms with E-state index in [0.717, 1.165) is 11.1 Å². The van der Waals surface area contributed by atoms with E-state index in [2.05, 4.69) is 20.6 Å². The predicted molar refractivity (Wildman–Crippen MR) is 116 cm³/mol. The second-order valence-electron chi connectivity index (χ2n) is 7.03. The van der Waals surface area contributed by atoms with Crippen molar-refractivity contribution in [2.75, 3.05) is 20.3 Å². The molecule has 0 bridgehead atoms. The maximum Gasteiger partial charge on any atom is 0.231 e. The zero-order valence-electron chi connectivity index (χ0n) is 17.4. The first-order valence-corrected chi connectivity index (χ1v) is 9.95. The van der Waals surface area contributed by atoms with Crippen molar-refractivity contribution >= 4 is 11.6 Å². The fraction of sp³-hybridized carbons (Fsp3) is 0.217. The lowest BCUT2D eigenvalue weighted by molar-refractivity contribution is -0.120. The van der Waals surface area contributed by atoms with E-state index in [0.29, 0.717) is 42.7 Å². The molecule has 1 amide bonds. The molecule has 2 heterocycles. The molecule has 8 nitrogen and oxygen atoms in total. The molecule has 0 atom stereocenters. The quantitative estimate of drug-likeness (QED) is 0.444. The van der Waals surface area contributed by atoms with Gasteiger partial charge in [-0.15, -0.1) is 15.3 Å². The Morgan fingerprint density at radius 2 is 1.84 bits per heavy atom. The Labute approximate surface area is 179 Å². The Kier molecular flexibility index (Phi) is 6.07. The number of aryl methyl sites for hydroxylation is 1. The molecule has 1 N–H and O–H groups in total. The molecule has 0 aliphatic carbocycles. The Hall–Kier alpha value is -3.94. The maximum atomic E-state index is 12.1. The lowest BCUT2D eigenvalue weighted by atomic mass is 10.1. The van der Waals surface area contributed by atoms with Crippen LogP contribution in [0.2, 0.25) is 0 Å². The minimum atomic E-state index is -0.0480. The summed E-state index contributed by atoms with van der Waals surface area (Å²) in [6.07, 6.45) is 0.341. The van der Waals surface area contributed by atoms with Gasteiger partial charge in [-0.05, 0) is 30.7 Å². The van der Waals surface area contributed by atoms with Gasteiger partial charge in [0.1, 0.15) is 12.4 Å². The smallest absolute Gasteiger partial charge is 0.231 e. The van der Waals surface area contributed by atoms with Crippen LogP contribution in [0.25, 0.3) is 17.0 Å². The van der Waals surface area contributed by atoms with E-state index in [-0.39, 0.29) is 5.91 Å². The molecule has 2 aromatic heterocycles. The molecule has 158 valence electrons. The summed E-state index contributed by atoms with van der Waals surface area (Å²) >= 11 is 0. The van der Waals surface area contributed by atoms with E-state index in [1.165, 1.54) is 5.56 Å². The first kappa shape index (κ1) is 20.3. The second-order valence-corrected chi connectivity index (χ2v) is 7.03. The highest BCUT2D eigenvalue weighted by atomic mass is 16.5. The molecule has 0 radical (unpaired) electrons. The van der Waals surface area contributed by atoms with Gasteiger partial charge >= 0.3 is 0 Å². The van der Waals surface area contributed by atoms with Crippen LogP contribution in [0.15, 0.2) is 60.7 Å². The summed E-state index contributed by atoms with van der Waals surface area (Å²) in [5.41, 5.74) is 3.53. The zero-order valence-corrected chi connectivity index (χ0v) is 17.4. The van der Waals surface area contributed by atoms with Crippen LogP contribution in [-0.2, 0) is 11.2 Å². The van der Waals surface area contributed by atoms with Gasteiger partial charge in [0.2, 0.25) is 11.8 Å². The van der Waals surface area contributed by atoms with Gasteiger partial charge in [-0.3, -0.25) is 4.79 Å². The largest absolute Gasteiger partial charge is 0.496 e. The van der Waals surface area contributed by atoms with Crippen molar-refractivity contribution in [1.82, 2.24) is 25.1 Å². The first-order chi connectivity index (χ1) is 15.1. The van der Waals surface area contributed by atoms with Crippen LogP contribution in [0.3, 0.4) is 0 Å². The van der Waals surface area contributed by atoms with Gasteiger partial charge in [-0.2, -0.15) is 4.52 Å². The number of benzene rings is 2. The molecule has 4 rings (SSSR count). The van der Waals surface area contributed by atoms with E-state index < -0.39 is 0 Å². The number of para-hydroxylation sites is 1. The number of methoxy groups -OCH3 is 1. The molecule has 0 fully saturated rings. The van der Waals surface area contributed by atoms with Crippen LogP contribution in [0, 0.1) is 6.92 Å². The Balaban J connectivity index is 1.37. The molecule has 0 aliphatic rings. The predicted octanol–water partition coefficient (Wildman–Crippen LogP) is 2.85. The summed E-state index contributed by atoms with van der Waals surface area (Å²) in [7, 11) is 1.61. The van der Waals surface area contributed by atoms with Crippen molar-refractivity contribution in [2.45, 2.75) is 13.3 Å². The number of hydrogen-bond donors (Lipinski definition) is 1. The molecule has 4 aromatic rings. The van der Waals surface area contributed by atoms with Crippen LogP contribution in [0.5, 0.6) is 11.6 Å². The fourth-order valence-electron chi connectivity index (χ4n) is 3.15. The van der Waals surface area contributed by atoms with Crippen molar-refractivity contribution in [2.24, 2.45) is 0 Å². The van der Waals surface area contributed by atoms with Gasteiger partial charge < -0.3 is 14.8 Å². The summed E-state index contributed by atoms with van der Waals surface area (Å²) in [5, 5.41) is 15.7. The molecule has 0 spiro atoms. The van der Waals surface area contributed by atoms with Crippen molar-refractivity contribution < 1.29 is 14.3 Å². The Morgan fingerprint density at radius 1 is 1.03 bits per heavy atom. The van der Waals surface area contributed by atoms with Gasteiger partial charge in [0.25, 0.3) is 0 Å². The maximum absolute atomic E-state index is 12.1. The number of aromatic nitrogens is 4. The number of nitrogens with one attached hydrogen (secondary N) is 1. The average Bonchev–Trinajstić information content (AvgIpc) is 3.21. The molecule has 0 unspecified atom stereocenters. The Bertz CT molecular complexity index is 1190. The third-order valence-corrected chi connectivity index (χ3v) is 4.75. The van der Waals surface area contributed by atoms with E-state index >= 15 is 0 Å². The summed E-state index contributed by atoms with van der Waals surface area (Å²) < 4.78 is 12.7. The van der Waals surface area contributed by atoms with E-state index in [1.54, 1.807) is 23.8 Å². The summed E-state index contributed by atoms with van der Waals surface area (Å²) in [5.74, 6) is 1.61. The van der Waals surface area contributed by atoms with E-state index in [1.807, 2.05) is 55.5 Å². The van der Waals surface area contributed by atoms with E-state index in [9.17, 15) is 4.79 Å².